The highest BCUT2D eigenvalue weighted by Crippen LogP contribution is 2.51. The van der Waals surface area contributed by atoms with Crippen LogP contribution in [0.4, 0.5) is 13.2 Å². The molecule has 0 amide bonds. The zero-order valence-electron chi connectivity index (χ0n) is 6.07. The quantitative estimate of drug-likeness (QED) is 0.538. The molecule has 4 heteroatoms. The Bertz CT molecular complexity index is 195. The van der Waals surface area contributed by atoms with Crippen molar-refractivity contribution in [3.05, 3.63) is 0 Å². The van der Waals surface area contributed by atoms with E-state index in [1.165, 1.54) is 0 Å². The van der Waals surface area contributed by atoms with Crippen LogP contribution in [0, 0.1) is 22.7 Å². The van der Waals surface area contributed by atoms with E-state index in [1.54, 1.807) is 6.92 Å². The summed E-state index contributed by atoms with van der Waals surface area (Å²) in [5.74, 6) is -1.24. The molecule has 0 spiro atoms. The molecule has 0 saturated heterocycles. The van der Waals surface area contributed by atoms with Crippen molar-refractivity contribution in [2.24, 2.45) is 11.3 Å². The van der Waals surface area contributed by atoms with Gasteiger partial charge in [0.05, 0.1) is 17.4 Å². The van der Waals surface area contributed by atoms with Crippen molar-refractivity contribution in [2.75, 3.05) is 0 Å². The predicted octanol–water partition coefficient (Wildman–Crippen LogP) is 2.49. The fraction of sp³-hybridized carbons (Fsp3) is 0.857. The van der Waals surface area contributed by atoms with Gasteiger partial charge in [0, 0.05) is 0 Å². The van der Waals surface area contributed by atoms with Gasteiger partial charge in [0.25, 0.3) is 0 Å². The van der Waals surface area contributed by atoms with E-state index in [0.717, 1.165) is 0 Å². The van der Waals surface area contributed by atoms with Crippen LogP contribution in [0.1, 0.15) is 19.8 Å². The standard InChI is InChI=1S/C7H8F3N/c1-6(4-11)2-5(3-6)7(8,9)10/h5H,2-3H2,1H3. The van der Waals surface area contributed by atoms with Crippen LogP contribution in [0.2, 0.25) is 0 Å². The molecular weight excluding hydrogens is 155 g/mol. The molecule has 0 unspecified atom stereocenters. The second-order valence-electron chi connectivity index (χ2n) is 3.32. The highest BCUT2D eigenvalue weighted by atomic mass is 19.4. The summed E-state index contributed by atoms with van der Waals surface area (Å²) in [4.78, 5) is 0. The van der Waals surface area contributed by atoms with E-state index in [9.17, 15) is 13.2 Å². The van der Waals surface area contributed by atoms with Gasteiger partial charge in [-0.1, -0.05) is 0 Å². The second kappa shape index (κ2) is 2.13. The van der Waals surface area contributed by atoms with E-state index in [0.29, 0.717) is 0 Å². The predicted molar refractivity (Wildman–Crippen MR) is 32.5 cm³/mol. The number of hydrogen-bond donors (Lipinski definition) is 0. The Morgan fingerprint density at radius 3 is 2.18 bits per heavy atom. The first-order chi connectivity index (χ1) is 4.87. The summed E-state index contributed by atoms with van der Waals surface area (Å²) in [5.41, 5.74) is -0.722. The molecule has 0 aromatic carbocycles. The molecule has 1 saturated carbocycles. The van der Waals surface area contributed by atoms with Crippen molar-refractivity contribution < 1.29 is 13.2 Å². The van der Waals surface area contributed by atoms with Crippen LogP contribution in [-0.4, -0.2) is 6.18 Å². The number of nitriles is 1. The Hall–Kier alpha value is -0.720. The van der Waals surface area contributed by atoms with Gasteiger partial charge in [0.2, 0.25) is 0 Å². The minimum atomic E-state index is -4.10. The molecule has 1 rings (SSSR count). The number of nitrogens with zero attached hydrogens (tertiary/aromatic N) is 1. The Kier molecular flexibility index (Phi) is 1.62. The SMILES string of the molecule is CC1(C#N)CC(C(F)(F)F)C1. The molecule has 0 N–H and O–H groups in total. The molecule has 62 valence electrons. The van der Waals surface area contributed by atoms with Crippen LogP contribution in [0.3, 0.4) is 0 Å². The van der Waals surface area contributed by atoms with Crippen molar-refractivity contribution in [3.63, 3.8) is 0 Å². The number of rotatable bonds is 0. The molecule has 0 aromatic heterocycles. The molecule has 0 aliphatic heterocycles. The maximum absolute atomic E-state index is 11.9. The van der Waals surface area contributed by atoms with E-state index < -0.39 is 17.5 Å². The fourth-order valence-corrected chi connectivity index (χ4v) is 1.35. The Morgan fingerprint density at radius 1 is 1.45 bits per heavy atom. The first-order valence-corrected chi connectivity index (χ1v) is 3.35. The zero-order valence-corrected chi connectivity index (χ0v) is 6.07. The minimum Gasteiger partial charge on any atom is -0.198 e. The van der Waals surface area contributed by atoms with Gasteiger partial charge in [-0.15, -0.1) is 0 Å². The monoisotopic (exact) mass is 163 g/mol. The maximum atomic E-state index is 11.9. The average Bonchev–Trinajstić information content (AvgIpc) is 1.78. The third kappa shape index (κ3) is 1.47. The van der Waals surface area contributed by atoms with E-state index in [2.05, 4.69) is 0 Å². The number of halogens is 3. The van der Waals surface area contributed by atoms with Gasteiger partial charge in [-0.05, 0) is 19.8 Å². The third-order valence-corrected chi connectivity index (χ3v) is 2.13. The highest BCUT2D eigenvalue weighted by molar-refractivity contribution is 5.06. The summed E-state index contributed by atoms with van der Waals surface area (Å²) >= 11 is 0. The summed E-state index contributed by atoms with van der Waals surface area (Å²) in [6, 6.07) is 1.88. The Balaban J connectivity index is 2.49. The van der Waals surface area contributed by atoms with Crippen LogP contribution in [0.15, 0.2) is 0 Å². The van der Waals surface area contributed by atoms with Gasteiger partial charge in [-0.3, -0.25) is 0 Å². The van der Waals surface area contributed by atoms with Crippen molar-refractivity contribution in [1.29, 1.82) is 5.26 Å². The average molecular weight is 163 g/mol. The summed E-state index contributed by atoms with van der Waals surface area (Å²) in [6.45, 7) is 1.56. The van der Waals surface area contributed by atoms with Gasteiger partial charge >= 0.3 is 6.18 Å². The van der Waals surface area contributed by atoms with Gasteiger partial charge in [0.15, 0.2) is 0 Å². The first kappa shape index (κ1) is 8.38. The van der Waals surface area contributed by atoms with Crippen molar-refractivity contribution >= 4 is 0 Å². The molecule has 1 nitrogen and oxygen atoms in total. The molecule has 1 fully saturated rings. The van der Waals surface area contributed by atoms with Crippen molar-refractivity contribution in [2.45, 2.75) is 25.9 Å². The van der Waals surface area contributed by atoms with Gasteiger partial charge in [-0.25, -0.2) is 0 Å². The summed E-state index contributed by atoms with van der Waals surface area (Å²) in [6.07, 6.45) is -4.17. The fourth-order valence-electron chi connectivity index (χ4n) is 1.35. The number of alkyl halides is 3. The molecule has 0 heterocycles. The van der Waals surface area contributed by atoms with E-state index in [-0.39, 0.29) is 12.8 Å². The van der Waals surface area contributed by atoms with Gasteiger partial charge in [-0.2, -0.15) is 18.4 Å². The maximum Gasteiger partial charge on any atom is 0.391 e. The van der Waals surface area contributed by atoms with Crippen molar-refractivity contribution in [1.82, 2.24) is 0 Å². The molecule has 0 aromatic rings. The van der Waals surface area contributed by atoms with E-state index in [4.69, 9.17) is 5.26 Å². The van der Waals surface area contributed by atoms with Crippen LogP contribution in [0.5, 0.6) is 0 Å². The second-order valence-corrected chi connectivity index (χ2v) is 3.32. The van der Waals surface area contributed by atoms with E-state index in [1.807, 2.05) is 6.07 Å². The molecular formula is C7H8F3N. The lowest BCUT2D eigenvalue weighted by Crippen LogP contribution is -2.41. The summed E-state index contributed by atoms with van der Waals surface area (Å²) in [5, 5.41) is 8.41. The van der Waals surface area contributed by atoms with Crippen LogP contribution < -0.4 is 0 Å². The molecule has 0 atom stereocenters. The largest absolute Gasteiger partial charge is 0.391 e. The number of hydrogen-bond acceptors (Lipinski definition) is 1. The zero-order chi connectivity index (χ0) is 8.70. The van der Waals surface area contributed by atoms with Crippen LogP contribution in [-0.2, 0) is 0 Å². The van der Waals surface area contributed by atoms with Crippen LogP contribution in [0.25, 0.3) is 0 Å². The molecule has 1 aliphatic carbocycles. The Labute approximate surface area is 62.8 Å². The summed E-state index contributed by atoms with van der Waals surface area (Å²) in [7, 11) is 0. The highest BCUT2D eigenvalue weighted by Gasteiger charge is 2.53. The third-order valence-electron chi connectivity index (χ3n) is 2.13. The summed E-state index contributed by atoms with van der Waals surface area (Å²) < 4.78 is 35.6. The lowest BCUT2D eigenvalue weighted by atomic mass is 9.64. The minimum absolute atomic E-state index is 0.0347. The lowest BCUT2D eigenvalue weighted by Gasteiger charge is -2.40. The van der Waals surface area contributed by atoms with Gasteiger partial charge in [0.1, 0.15) is 0 Å². The first-order valence-electron chi connectivity index (χ1n) is 3.35. The molecule has 0 bridgehead atoms. The normalized spacial score (nSPS) is 37.5. The molecule has 1 aliphatic rings. The lowest BCUT2D eigenvalue weighted by molar-refractivity contribution is -0.211. The van der Waals surface area contributed by atoms with Gasteiger partial charge < -0.3 is 0 Å². The topological polar surface area (TPSA) is 23.8 Å². The molecule has 0 radical (unpaired) electrons. The molecule has 11 heavy (non-hydrogen) atoms. The van der Waals surface area contributed by atoms with Crippen LogP contribution >= 0.6 is 0 Å². The smallest absolute Gasteiger partial charge is 0.198 e. The van der Waals surface area contributed by atoms with Crippen molar-refractivity contribution in [3.8, 4) is 6.07 Å². The Morgan fingerprint density at radius 2 is 1.91 bits per heavy atom. The van der Waals surface area contributed by atoms with E-state index >= 15 is 0 Å².